The fraction of sp³-hybridized carbons (Fsp3) is 1.00. The van der Waals surface area contributed by atoms with E-state index in [2.05, 4.69) is 13.8 Å². The third-order valence-electron chi connectivity index (χ3n) is 2.37. The molecule has 1 aliphatic rings. The molecule has 0 radical (unpaired) electrons. The van der Waals surface area contributed by atoms with Crippen LogP contribution in [0.4, 0.5) is 0 Å². The average molecular weight is 176 g/mol. The van der Waals surface area contributed by atoms with Crippen LogP contribution in [0.5, 0.6) is 0 Å². The van der Waals surface area contributed by atoms with E-state index in [4.69, 9.17) is 0 Å². The summed E-state index contributed by atoms with van der Waals surface area (Å²) in [5.74, 6) is 0.493. The van der Waals surface area contributed by atoms with E-state index in [1.54, 1.807) is 0 Å². The molecule has 0 amide bonds. The summed E-state index contributed by atoms with van der Waals surface area (Å²) in [6.45, 7) is 4.15. The quantitative estimate of drug-likeness (QED) is 0.654. The molecule has 0 spiro atoms. The maximum Gasteiger partial charge on any atom is 0.153 e. The van der Waals surface area contributed by atoms with Gasteiger partial charge in [-0.15, -0.1) is 0 Å². The minimum absolute atomic E-state index is 0.318. The van der Waals surface area contributed by atoms with Crippen LogP contribution in [0.2, 0.25) is 0 Å². The number of rotatable bonds is 3. The molecule has 3 heteroatoms. The molecule has 0 aromatic heterocycles. The number of hydrogen-bond acceptors (Lipinski definition) is 2. The van der Waals surface area contributed by atoms with E-state index in [0.717, 1.165) is 19.3 Å². The Morgan fingerprint density at radius 3 is 1.91 bits per heavy atom. The zero-order valence-corrected chi connectivity index (χ0v) is 8.24. The van der Waals surface area contributed by atoms with Crippen LogP contribution in [0.1, 0.15) is 33.1 Å². The minimum Gasteiger partial charge on any atom is -0.229 e. The first-order chi connectivity index (χ1) is 4.87. The van der Waals surface area contributed by atoms with Gasteiger partial charge in [0.05, 0.1) is 4.75 Å². The van der Waals surface area contributed by atoms with Gasteiger partial charge in [-0.25, -0.2) is 8.42 Å². The summed E-state index contributed by atoms with van der Waals surface area (Å²) >= 11 is 0. The van der Waals surface area contributed by atoms with Crippen molar-refractivity contribution in [2.75, 3.05) is 6.26 Å². The predicted molar refractivity (Wildman–Crippen MR) is 46.3 cm³/mol. The largest absolute Gasteiger partial charge is 0.229 e. The molecule has 11 heavy (non-hydrogen) atoms. The lowest BCUT2D eigenvalue weighted by Crippen LogP contribution is -2.23. The van der Waals surface area contributed by atoms with E-state index in [9.17, 15) is 8.42 Å². The van der Waals surface area contributed by atoms with Crippen molar-refractivity contribution in [2.24, 2.45) is 5.92 Å². The molecule has 0 unspecified atom stereocenters. The first kappa shape index (κ1) is 9.04. The zero-order chi connectivity index (χ0) is 8.70. The summed E-state index contributed by atoms with van der Waals surface area (Å²) in [5, 5.41) is 0. The Hall–Kier alpha value is -0.0500. The van der Waals surface area contributed by atoms with Gasteiger partial charge in [-0.3, -0.25) is 0 Å². The van der Waals surface area contributed by atoms with Crippen molar-refractivity contribution in [2.45, 2.75) is 37.9 Å². The monoisotopic (exact) mass is 176 g/mol. The van der Waals surface area contributed by atoms with Crippen LogP contribution in [0.15, 0.2) is 0 Å². The second-order valence-electron chi connectivity index (χ2n) is 4.05. The molecule has 1 saturated carbocycles. The summed E-state index contributed by atoms with van der Waals surface area (Å²) in [6, 6.07) is 0. The molecule has 0 saturated heterocycles. The van der Waals surface area contributed by atoms with E-state index in [1.165, 1.54) is 6.26 Å². The van der Waals surface area contributed by atoms with E-state index >= 15 is 0 Å². The van der Waals surface area contributed by atoms with Crippen LogP contribution in [-0.4, -0.2) is 19.4 Å². The lowest BCUT2D eigenvalue weighted by atomic mass is 10.1. The molecule has 0 aromatic carbocycles. The lowest BCUT2D eigenvalue weighted by molar-refractivity contribution is 0.521. The van der Waals surface area contributed by atoms with Gasteiger partial charge in [-0.2, -0.15) is 0 Å². The summed E-state index contributed by atoms with van der Waals surface area (Å²) in [7, 11) is -2.79. The van der Waals surface area contributed by atoms with Crippen molar-refractivity contribution in [3.05, 3.63) is 0 Å². The third kappa shape index (κ3) is 1.75. The Morgan fingerprint density at radius 2 is 1.82 bits per heavy atom. The first-order valence-electron chi connectivity index (χ1n) is 4.07. The van der Waals surface area contributed by atoms with Crippen LogP contribution in [0.3, 0.4) is 0 Å². The van der Waals surface area contributed by atoms with Crippen molar-refractivity contribution in [3.63, 3.8) is 0 Å². The maximum atomic E-state index is 11.3. The van der Waals surface area contributed by atoms with Crippen LogP contribution < -0.4 is 0 Å². The minimum atomic E-state index is -2.79. The predicted octanol–water partition coefficient (Wildman–Crippen LogP) is 1.61. The van der Waals surface area contributed by atoms with Gasteiger partial charge in [0.2, 0.25) is 0 Å². The Labute approximate surface area is 68.9 Å². The maximum absolute atomic E-state index is 11.3. The van der Waals surface area contributed by atoms with Gasteiger partial charge >= 0.3 is 0 Å². The second kappa shape index (κ2) is 2.47. The van der Waals surface area contributed by atoms with Crippen LogP contribution in [0, 0.1) is 5.92 Å². The van der Waals surface area contributed by atoms with Crippen molar-refractivity contribution < 1.29 is 8.42 Å². The molecule has 1 aliphatic carbocycles. The Balaban J connectivity index is 2.70. The van der Waals surface area contributed by atoms with Crippen LogP contribution in [0.25, 0.3) is 0 Å². The molecule has 0 heterocycles. The standard InChI is InChI=1S/C8H16O2S/c1-7(2)6-8(4-5-8)11(3,9)10/h7H,4-6H2,1-3H3. The summed E-state index contributed by atoms with van der Waals surface area (Å²) in [5.41, 5.74) is 0. The normalized spacial score (nSPS) is 22.2. The number of sulfone groups is 1. The van der Waals surface area contributed by atoms with E-state index in [0.29, 0.717) is 5.92 Å². The molecule has 1 rings (SSSR count). The Kier molecular flexibility index (Phi) is 2.03. The molecule has 2 nitrogen and oxygen atoms in total. The van der Waals surface area contributed by atoms with Gasteiger partial charge in [-0.05, 0) is 25.2 Å². The SMILES string of the molecule is CC(C)CC1(S(C)(=O)=O)CC1. The van der Waals surface area contributed by atoms with E-state index < -0.39 is 9.84 Å². The lowest BCUT2D eigenvalue weighted by Gasteiger charge is -2.14. The highest BCUT2D eigenvalue weighted by Gasteiger charge is 2.51. The van der Waals surface area contributed by atoms with Crippen molar-refractivity contribution in [3.8, 4) is 0 Å². The van der Waals surface area contributed by atoms with Crippen LogP contribution in [-0.2, 0) is 9.84 Å². The molecule has 1 fully saturated rings. The van der Waals surface area contributed by atoms with Crippen molar-refractivity contribution in [1.82, 2.24) is 0 Å². The smallest absolute Gasteiger partial charge is 0.153 e. The van der Waals surface area contributed by atoms with E-state index in [-0.39, 0.29) is 4.75 Å². The van der Waals surface area contributed by atoms with Gasteiger partial charge < -0.3 is 0 Å². The van der Waals surface area contributed by atoms with Gasteiger partial charge in [0.15, 0.2) is 9.84 Å². The second-order valence-corrected chi connectivity index (χ2v) is 6.46. The van der Waals surface area contributed by atoms with Crippen LogP contribution >= 0.6 is 0 Å². The highest BCUT2D eigenvalue weighted by Crippen LogP contribution is 2.47. The van der Waals surface area contributed by atoms with Gasteiger partial charge in [0.25, 0.3) is 0 Å². The fourth-order valence-electron chi connectivity index (χ4n) is 1.61. The highest BCUT2D eigenvalue weighted by molar-refractivity contribution is 7.92. The summed E-state index contributed by atoms with van der Waals surface area (Å²) in [6.07, 6.45) is 3.96. The number of hydrogen-bond donors (Lipinski definition) is 0. The Bertz CT molecular complexity index is 235. The molecule has 0 atom stereocenters. The zero-order valence-electron chi connectivity index (χ0n) is 7.42. The molecule has 66 valence electrons. The summed E-state index contributed by atoms with van der Waals surface area (Å²) in [4.78, 5) is 0. The van der Waals surface area contributed by atoms with Gasteiger partial charge in [0.1, 0.15) is 0 Å². The average Bonchev–Trinajstić information content (AvgIpc) is 2.42. The van der Waals surface area contributed by atoms with Gasteiger partial charge in [0, 0.05) is 6.26 Å². The molecule has 0 aliphatic heterocycles. The van der Waals surface area contributed by atoms with Crippen molar-refractivity contribution >= 4 is 9.84 Å². The Morgan fingerprint density at radius 1 is 1.36 bits per heavy atom. The molecular formula is C8H16O2S. The molecular weight excluding hydrogens is 160 g/mol. The topological polar surface area (TPSA) is 34.1 Å². The van der Waals surface area contributed by atoms with Crippen molar-refractivity contribution in [1.29, 1.82) is 0 Å². The fourth-order valence-corrected chi connectivity index (χ4v) is 3.09. The van der Waals surface area contributed by atoms with E-state index in [1.807, 2.05) is 0 Å². The highest BCUT2D eigenvalue weighted by atomic mass is 32.2. The first-order valence-corrected chi connectivity index (χ1v) is 5.96. The van der Waals surface area contributed by atoms with Gasteiger partial charge in [-0.1, -0.05) is 13.8 Å². The summed E-state index contributed by atoms with van der Waals surface area (Å²) < 4.78 is 22.2. The molecule has 0 N–H and O–H groups in total. The molecule has 0 bridgehead atoms. The third-order valence-corrected chi connectivity index (χ3v) is 4.52. The molecule has 0 aromatic rings.